The molecule has 0 radical (unpaired) electrons. The number of hydrogen-bond donors (Lipinski definition) is 1. The van der Waals surface area contributed by atoms with Crippen LogP contribution in [-0.2, 0) is 4.74 Å². The van der Waals surface area contributed by atoms with E-state index in [2.05, 4.69) is 15.0 Å². The maximum atomic E-state index is 13.7. The van der Waals surface area contributed by atoms with E-state index in [0.29, 0.717) is 24.6 Å². The SMILES string of the molecule is Cc1cc2[nH]c(=O)c3cnn(C4CCOCC4)c3c2cc1C(=O)N1CCC(N2CCCCCC2)CC1. The fourth-order valence-corrected chi connectivity index (χ4v) is 6.50. The third-order valence-corrected chi connectivity index (χ3v) is 8.58. The van der Waals surface area contributed by atoms with Crippen LogP contribution >= 0.6 is 0 Å². The third-order valence-electron chi connectivity index (χ3n) is 8.58. The van der Waals surface area contributed by atoms with Crippen molar-refractivity contribution in [2.75, 3.05) is 39.4 Å². The lowest BCUT2D eigenvalue weighted by atomic mass is 9.99. The molecule has 3 aliphatic rings. The number of amides is 1. The Labute approximate surface area is 211 Å². The van der Waals surface area contributed by atoms with Crippen LogP contribution in [0.1, 0.15) is 73.3 Å². The zero-order chi connectivity index (χ0) is 24.6. The summed E-state index contributed by atoms with van der Waals surface area (Å²) in [4.78, 5) is 34.3. The Kier molecular flexibility index (Phi) is 6.56. The fourth-order valence-electron chi connectivity index (χ4n) is 6.50. The van der Waals surface area contributed by atoms with Crippen molar-refractivity contribution in [2.45, 2.75) is 70.4 Å². The molecule has 0 unspecified atom stereocenters. The summed E-state index contributed by atoms with van der Waals surface area (Å²) >= 11 is 0. The lowest BCUT2D eigenvalue weighted by molar-refractivity contribution is 0.0622. The molecule has 192 valence electrons. The van der Waals surface area contributed by atoms with E-state index in [-0.39, 0.29) is 17.5 Å². The van der Waals surface area contributed by atoms with Gasteiger partial charge in [0.1, 0.15) is 0 Å². The smallest absolute Gasteiger partial charge is 0.259 e. The van der Waals surface area contributed by atoms with E-state index in [0.717, 1.165) is 66.3 Å². The molecule has 0 spiro atoms. The number of carbonyl (C=O) groups excluding carboxylic acids is 1. The number of rotatable bonds is 3. The standard InChI is InChI=1S/C28H37N5O3/c1-19-16-25-23(26-24(27(34)30-25)18-29-33(26)21-8-14-36-15-9-21)17-22(19)28(35)32-12-6-20(7-13-32)31-10-4-2-3-5-11-31/h16-18,20-21H,2-15H2,1H3,(H,30,34). The molecular weight excluding hydrogens is 454 g/mol. The highest BCUT2D eigenvalue weighted by Gasteiger charge is 2.29. The predicted molar refractivity (Wildman–Crippen MR) is 141 cm³/mol. The van der Waals surface area contributed by atoms with Crippen molar-refractivity contribution in [1.29, 1.82) is 0 Å². The highest BCUT2D eigenvalue weighted by atomic mass is 16.5. The molecule has 1 aromatic carbocycles. The van der Waals surface area contributed by atoms with E-state index in [9.17, 15) is 9.59 Å². The quantitative estimate of drug-likeness (QED) is 0.598. The van der Waals surface area contributed by atoms with Crippen LogP contribution in [0.15, 0.2) is 23.1 Å². The van der Waals surface area contributed by atoms with Gasteiger partial charge in [-0.1, -0.05) is 12.8 Å². The summed E-state index contributed by atoms with van der Waals surface area (Å²) in [6, 6.07) is 4.74. The van der Waals surface area contributed by atoms with Gasteiger partial charge in [-0.2, -0.15) is 5.10 Å². The van der Waals surface area contributed by atoms with Crippen LogP contribution < -0.4 is 5.56 Å². The van der Waals surface area contributed by atoms with E-state index in [1.165, 1.54) is 38.8 Å². The first-order valence-corrected chi connectivity index (χ1v) is 13.7. The van der Waals surface area contributed by atoms with Crippen LogP contribution in [0.4, 0.5) is 0 Å². The molecule has 2 aromatic heterocycles. The van der Waals surface area contributed by atoms with Crippen LogP contribution in [0, 0.1) is 6.92 Å². The molecule has 0 aliphatic carbocycles. The van der Waals surface area contributed by atoms with Crippen LogP contribution in [0.5, 0.6) is 0 Å². The highest BCUT2D eigenvalue weighted by Crippen LogP contribution is 2.31. The maximum Gasteiger partial charge on any atom is 0.259 e. The first kappa shape index (κ1) is 23.7. The van der Waals surface area contributed by atoms with E-state index >= 15 is 0 Å². The second kappa shape index (κ2) is 9.98. The second-order valence-electron chi connectivity index (χ2n) is 10.8. The molecule has 5 heterocycles. The number of ether oxygens (including phenoxy) is 1. The molecule has 0 bridgehead atoms. The average Bonchev–Trinajstić information content (AvgIpc) is 3.18. The van der Waals surface area contributed by atoms with Crippen LogP contribution in [-0.4, -0.2) is 75.9 Å². The summed E-state index contributed by atoms with van der Waals surface area (Å²) in [5.41, 5.74) is 3.08. The Balaban J connectivity index is 1.30. The van der Waals surface area contributed by atoms with Gasteiger partial charge in [0.15, 0.2) is 0 Å². The average molecular weight is 492 g/mol. The van der Waals surface area contributed by atoms with Gasteiger partial charge in [0.05, 0.1) is 28.7 Å². The molecule has 6 rings (SSSR count). The number of fused-ring (bicyclic) bond motifs is 3. The largest absolute Gasteiger partial charge is 0.381 e. The van der Waals surface area contributed by atoms with Gasteiger partial charge in [0.25, 0.3) is 11.5 Å². The number of aromatic nitrogens is 3. The molecule has 3 saturated heterocycles. The van der Waals surface area contributed by atoms with Crippen LogP contribution in [0.3, 0.4) is 0 Å². The number of benzene rings is 1. The number of nitrogens with zero attached hydrogens (tertiary/aromatic N) is 4. The molecule has 3 fully saturated rings. The lowest BCUT2D eigenvalue weighted by Crippen LogP contribution is -2.47. The Morgan fingerprint density at radius 2 is 1.67 bits per heavy atom. The molecule has 0 atom stereocenters. The minimum Gasteiger partial charge on any atom is -0.381 e. The van der Waals surface area contributed by atoms with Gasteiger partial charge in [-0.3, -0.25) is 14.3 Å². The van der Waals surface area contributed by atoms with Gasteiger partial charge in [0.2, 0.25) is 0 Å². The Morgan fingerprint density at radius 1 is 0.944 bits per heavy atom. The zero-order valence-electron chi connectivity index (χ0n) is 21.3. The Hall–Kier alpha value is -2.71. The van der Waals surface area contributed by atoms with Crippen molar-refractivity contribution in [3.05, 3.63) is 39.8 Å². The van der Waals surface area contributed by atoms with Gasteiger partial charge >= 0.3 is 0 Å². The van der Waals surface area contributed by atoms with Crippen molar-refractivity contribution in [3.63, 3.8) is 0 Å². The molecule has 36 heavy (non-hydrogen) atoms. The summed E-state index contributed by atoms with van der Waals surface area (Å²) in [7, 11) is 0. The number of nitrogens with one attached hydrogen (secondary N) is 1. The lowest BCUT2D eigenvalue weighted by Gasteiger charge is -2.38. The molecule has 8 nitrogen and oxygen atoms in total. The maximum absolute atomic E-state index is 13.7. The molecule has 3 aliphatic heterocycles. The highest BCUT2D eigenvalue weighted by molar-refractivity contribution is 6.07. The summed E-state index contributed by atoms with van der Waals surface area (Å²) in [6.45, 7) is 7.38. The molecular formula is C28H37N5O3. The Bertz CT molecular complexity index is 1310. The molecule has 8 heteroatoms. The minimum absolute atomic E-state index is 0.0974. The van der Waals surface area contributed by atoms with E-state index in [1.54, 1.807) is 6.20 Å². The summed E-state index contributed by atoms with van der Waals surface area (Å²) in [6.07, 6.45) is 10.8. The molecule has 3 aromatic rings. The number of aryl methyl sites for hydroxylation is 1. The van der Waals surface area contributed by atoms with Crippen molar-refractivity contribution >= 4 is 27.7 Å². The van der Waals surface area contributed by atoms with Gasteiger partial charge in [-0.05, 0) is 76.2 Å². The molecule has 1 N–H and O–H groups in total. The predicted octanol–water partition coefficient (Wildman–Crippen LogP) is 4.02. The summed E-state index contributed by atoms with van der Waals surface area (Å²) in [5.74, 6) is 0.0974. The Morgan fingerprint density at radius 3 is 2.39 bits per heavy atom. The number of hydrogen-bond acceptors (Lipinski definition) is 5. The zero-order valence-corrected chi connectivity index (χ0v) is 21.3. The fraction of sp³-hybridized carbons (Fsp3) is 0.607. The van der Waals surface area contributed by atoms with E-state index in [1.807, 2.05) is 28.6 Å². The number of likely N-dealkylation sites (tertiary alicyclic amines) is 2. The first-order chi connectivity index (χ1) is 17.6. The number of H-pyrrole nitrogens is 1. The molecule has 1 amide bonds. The van der Waals surface area contributed by atoms with Crippen LogP contribution in [0.25, 0.3) is 21.8 Å². The van der Waals surface area contributed by atoms with Crippen LogP contribution in [0.2, 0.25) is 0 Å². The van der Waals surface area contributed by atoms with Gasteiger partial charge in [0, 0.05) is 43.3 Å². The minimum atomic E-state index is -0.134. The first-order valence-electron chi connectivity index (χ1n) is 13.7. The van der Waals surface area contributed by atoms with E-state index < -0.39 is 0 Å². The van der Waals surface area contributed by atoms with Gasteiger partial charge in [-0.15, -0.1) is 0 Å². The third kappa shape index (κ3) is 4.34. The molecule has 0 saturated carbocycles. The van der Waals surface area contributed by atoms with E-state index in [4.69, 9.17) is 4.74 Å². The number of pyridine rings is 1. The summed E-state index contributed by atoms with van der Waals surface area (Å²) in [5, 5.41) is 6.09. The van der Waals surface area contributed by atoms with Crippen molar-refractivity contribution in [3.8, 4) is 0 Å². The van der Waals surface area contributed by atoms with Crippen molar-refractivity contribution < 1.29 is 9.53 Å². The second-order valence-corrected chi connectivity index (χ2v) is 10.8. The van der Waals surface area contributed by atoms with Gasteiger partial charge < -0.3 is 19.5 Å². The number of carbonyl (C=O) groups is 1. The summed E-state index contributed by atoms with van der Waals surface area (Å²) < 4.78 is 7.54. The van der Waals surface area contributed by atoms with Crippen molar-refractivity contribution in [2.24, 2.45) is 0 Å². The number of piperidine rings is 1. The van der Waals surface area contributed by atoms with Gasteiger partial charge in [-0.25, -0.2) is 0 Å². The monoisotopic (exact) mass is 491 g/mol. The normalized spacial score (nSPS) is 21.3. The topological polar surface area (TPSA) is 83.5 Å². The number of aromatic amines is 1. The van der Waals surface area contributed by atoms with Crippen molar-refractivity contribution in [1.82, 2.24) is 24.6 Å².